The van der Waals surface area contributed by atoms with Gasteiger partial charge in [-0.1, -0.05) is 0 Å². The Morgan fingerprint density at radius 2 is 1.96 bits per heavy atom. The Morgan fingerprint density at radius 1 is 1.29 bits per heavy atom. The summed E-state index contributed by atoms with van der Waals surface area (Å²) in [6.07, 6.45) is -4.38. The van der Waals surface area contributed by atoms with Gasteiger partial charge in [0.1, 0.15) is 17.3 Å². The maximum atomic E-state index is 14.5. The quantitative estimate of drug-likeness (QED) is 0.411. The molecule has 1 aromatic heterocycles. The molecule has 0 atom stereocenters. The summed E-state index contributed by atoms with van der Waals surface area (Å²) in [5, 5.41) is 4.01. The molecule has 0 saturated carbocycles. The number of nitrogens with two attached hydrogens (primary N) is 1. The molecule has 0 amide bonds. The van der Waals surface area contributed by atoms with Crippen molar-refractivity contribution < 1.29 is 31.8 Å². The number of nitrogen functional groups attached to an aromatic ring is 1. The van der Waals surface area contributed by atoms with Gasteiger partial charge in [0.2, 0.25) is 5.88 Å². The second-order valence-corrected chi connectivity index (χ2v) is 6.62. The molecule has 1 heterocycles. The zero-order valence-electron chi connectivity index (χ0n) is 15.4. The molecule has 2 N–H and O–H groups in total. The number of esters is 1. The molecule has 2 rings (SSSR count). The molecule has 0 unspecified atom stereocenters. The molecule has 2 aromatic rings. The molecule has 0 saturated heterocycles. The Kier molecular flexibility index (Phi) is 6.81. The molecule has 0 fully saturated rings. The summed E-state index contributed by atoms with van der Waals surface area (Å²) in [5.41, 5.74) is 5.92. The normalized spacial score (nSPS) is 11.5. The van der Waals surface area contributed by atoms with Crippen LogP contribution in [0.3, 0.4) is 0 Å². The number of ether oxygens (including phenoxy) is 2. The zero-order valence-corrected chi connectivity index (χ0v) is 16.2. The van der Waals surface area contributed by atoms with Crippen LogP contribution in [0.2, 0.25) is 0 Å². The van der Waals surface area contributed by atoms with Gasteiger partial charge in [0, 0.05) is 4.90 Å². The number of anilines is 1. The van der Waals surface area contributed by atoms with Gasteiger partial charge in [-0.25, -0.2) is 13.9 Å². The third-order valence-corrected chi connectivity index (χ3v) is 4.74. The molecule has 0 spiro atoms. The number of hydrogen-bond acceptors (Lipinski definition) is 6. The minimum absolute atomic E-state index is 0.0755. The molecule has 28 heavy (non-hydrogen) atoms. The van der Waals surface area contributed by atoms with Crippen LogP contribution in [0.15, 0.2) is 17.0 Å². The third kappa shape index (κ3) is 4.89. The van der Waals surface area contributed by atoms with Crippen LogP contribution in [0.1, 0.15) is 29.8 Å². The first-order valence-electron chi connectivity index (χ1n) is 8.27. The number of hydrogen-bond donors (Lipinski definition) is 1. The minimum Gasteiger partial charge on any atom is -0.476 e. The van der Waals surface area contributed by atoms with E-state index in [2.05, 4.69) is 5.10 Å². The fraction of sp³-hybridized carbons (Fsp3) is 0.412. The molecule has 0 bridgehead atoms. The van der Waals surface area contributed by atoms with Crippen LogP contribution in [-0.2, 0) is 4.74 Å². The molecule has 0 aliphatic rings. The van der Waals surface area contributed by atoms with Crippen molar-refractivity contribution >= 4 is 23.5 Å². The Hall–Kier alpha value is -2.43. The van der Waals surface area contributed by atoms with Crippen molar-refractivity contribution in [1.82, 2.24) is 9.78 Å². The van der Waals surface area contributed by atoms with Crippen LogP contribution in [0.5, 0.6) is 5.88 Å². The lowest BCUT2D eigenvalue weighted by Crippen LogP contribution is -2.12. The predicted molar refractivity (Wildman–Crippen MR) is 96.6 cm³/mol. The molecule has 0 aliphatic heterocycles. The fourth-order valence-electron chi connectivity index (χ4n) is 2.35. The smallest absolute Gasteiger partial charge is 0.398 e. The fourth-order valence-corrected chi connectivity index (χ4v) is 3.15. The van der Waals surface area contributed by atoms with Crippen LogP contribution >= 0.6 is 11.8 Å². The van der Waals surface area contributed by atoms with Crippen molar-refractivity contribution in [3.63, 3.8) is 0 Å². The third-order valence-electron chi connectivity index (χ3n) is 3.51. The summed E-state index contributed by atoms with van der Waals surface area (Å²) < 4.78 is 63.3. The minimum atomic E-state index is -4.38. The van der Waals surface area contributed by atoms with Gasteiger partial charge in [-0.15, -0.1) is 16.9 Å². The van der Waals surface area contributed by atoms with Crippen LogP contribution in [0, 0.1) is 12.7 Å². The molecule has 0 radical (unpaired) electrons. The number of carbonyl (C=O) groups is 1. The number of nitrogens with zero attached hydrogens (tertiary/aromatic N) is 2. The highest BCUT2D eigenvalue weighted by atomic mass is 32.2. The van der Waals surface area contributed by atoms with Crippen molar-refractivity contribution in [3.05, 3.63) is 29.1 Å². The van der Waals surface area contributed by atoms with Crippen molar-refractivity contribution in [2.75, 3.05) is 24.7 Å². The lowest BCUT2D eigenvalue weighted by molar-refractivity contribution is -0.105. The molecule has 6 nitrogen and oxygen atoms in total. The Morgan fingerprint density at radius 3 is 2.54 bits per heavy atom. The first-order chi connectivity index (χ1) is 13.1. The van der Waals surface area contributed by atoms with E-state index in [-0.39, 0.29) is 41.1 Å². The first kappa shape index (κ1) is 21.9. The van der Waals surface area contributed by atoms with Crippen LogP contribution in [-0.4, -0.2) is 40.9 Å². The van der Waals surface area contributed by atoms with Crippen molar-refractivity contribution in [2.45, 2.75) is 31.8 Å². The van der Waals surface area contributed by atoms with Gasteiger partial charge in [0.05, 0.1) is 19.0 Å². The Bertz CT molecular complexity index is 868. The van der Waals surface area contributed by atoms with Gasteiger partial charge in [-0.3, -0.25) is 0 Å². The SMILES string of the molecule is CCOC(=O)c1c(OCC)nn(-c2cc(SCC(F)(F)F)c(C)cc2F)c1N. The summed E-state index contributed by atoms with van der Waals surface area (Å²) in [4.78, 5) is 12.4. The maximum absolute atomic E-state index is 14.5. The number of alkyl halides is 3. The predicted octanol–water partition coefficient (Wildman–Crippen LogP) is 4.13. The monoisotopic (exact) mass is 421 g/mol. The molecule has 11 heteroatoms. The second kappa shape index (κ2) is 8.72. The largest absolute Gasteiger partial charge is 0.476 e. The van der Waals surface area contributed by atoms with Crippen LogP contribution in [0.25, 0.3) is 5.69 Å². The van der Waals surface area contributed by atoms with Crippen LogP contribution in [0.4, 0.5) is 23.4 Å². The second-order valence-electron chi connectivity index (χ2n) is 5.60. The highest BCUT2D eigenvalue weighted by Gasteiger charge is 2.29. The molecule has 0 aliphatic carbocycles. The Balaban J connectivity index is 2.54. The van der Waals surface area contributed by atoms with E-state index in [4.69, 9.17) is 15.2 Å². The average molecular weight is 421 g/mol. The summed E-state index contributed by atoms with van der Waals surface area (Å²) in [6, 6.07) is 2.29. The Labute approximate surface area is 163 Å². The van der Waals surface area contributed by atoms with Crippen molar-refractivity contribution in [3.8, 4) is 11.6 Å². The van der Waals surface area contributed by atoms with Crippen LogP contribution < -0.4 is 10.5 Å². The van der Waals surface area contributed by atoms with E-state index in [1.807, 2.05) is 0 Å². The average Bonchev–Trinajstić information content (AvgIpc) is 2.90. The van der Waals surface area contributed by atoms with E-state index < -0.39 is 23.7 Å². The van der Waals surface area contributed by atoms with Gasteiger partial charge in [0.15, 0.2) is 5.56 Å². The molecular formula is C17H19F4N3O3S. The number of carbonyl (C=O) groups excluding carboxylic acids is 1. The van der Waals surface area contributed by atoms with Gasteiger partial charge in [-0.2, -0.15) is 13.2 Å². The number of benzene rings is 1. The highest BCUT2D eigenvalue weighted by Crippen LogP contribution is 2.34. The van der Waals surface area contributed by atoms with E-state index in [0.29, 0.717) is 17.3 Å². The maximum Gasteiger partial charge on any atom is 0.398 e. The number of aromatic nitrogens is 2. The lowest BCUT2D eigenvalue weighted by atomic mass is 10.2. The topological polar surface area (TPSA) is 79.4 Å². The zero-order chi connectivity index (χ0) is 21.1. The highest BCUT2D eigenvalue weighted by molar-refractivity contribution is 7.99. The van der Waals surface area contributed by atoms with Gasteiger partial charge in [0.25, 0.3) is 0 Å². The number of aryl methyl sites for hydroxylation is 1. The molecule has 154 valence electrons. The number of thioether (sulfide) groups is 1. The van der Waals surface area contributed by atoms with E-state index in [1.165, 1.54) is 13.0 Å². The van der Waals surface area contributed by atoms with E-state index in [9.17, 15) is 22.4 Å². The van der Waals surface area contributed by atoms with Crippen molar-refractivity contribution in [1.29, 1.82) is 0 Å². The number of rotatable bonds is 7. The molecule has 1 aromatic carbocycles. The molecular weight excluding hydrogens is 402 g/mol. The first-order valence-corrected chi connectivity index (χ1v) is 9.26. The lowest BCUT2D eigenvalue weighted by Gasteiger charge is -2.12. The van der Waals surface area contributed by atoms with Gasteiger partial charge >= 0.3 is 12.1 Å². The summed E-state index contributed by atoms with van der Waals surface area (Å²) in [6.45, 7) is 4.98. The van der Waals surface area contributed by atoms with Gasteiger partial charge in [-0.05, 0) is 38.5 Å². The summed E-state index contributed by atoms with van der Waals surface area (Å²) in [7, 11) is 0. The van der Waals surface area contributed by atoms with E-state index >= 15 is 0 Å². The van der Waals surface area contributed by atoms with E-state index in [0.717, 1.165) is 10.7 Å². The van der Waals surface area contributed by atoms with Crippen molar-refractivity contribution in [2.24, 2.45) is 0 Å². The summed E-state index contributed by atoms with van der Waals surface area (Å²) >= 11 is 0.517. The number of halogens is 4. The standard InChI is InChI=1S/C17H19F4N3O3S/c1-4-26-15-13(16(25)27-5-2)14(22)24(23-15)11-7-12(9(3)6-10(11)18)28-8-17(19,20)21/h6-7H,4-5,8,22H2,1-3H3. The van der Waals surface area contributed by atoms with E-state index in [1.54, 1.807) is 13.8 Å². The van der Waals surface area contributed by atoms with Gasteiger partial charge < -0.3 is 15.2 Å². The summed E-state index contributed by atoms with van der Waals surface area (Å²) in [5.74, 6) is -3.08.